The molecule has 0 fully saturated rings. The van der Waals surface area contributed by atoms with E-state index in [2.05, 4.69) is 36.2 Å². The third-order valence-corrected chi connectivity index (χ3v) is 2.71. The summed E-state index contributed by atoms with van der Waals surface area (Å²) in [4.78, 5) is 23.8. The molecule has 0 unspecified atom stereocenters. The third-order valence-electron chi connectivity index (χ3n) is 2.11. The zero-order valence-electron chi connectivity index (χ0n) is 9.51. The summed E-state index contributed by atoms with van der Waals surface area (Å²) in [5.74, 6) is 0.0112. The Morgan fingerprint density at radius 3 is 2.67 bits per heavy atom. The van der Waals surface area contributed by atoms with E-state index < -0.39 is 0 Å². The van der Waals surface area contributed by atoms with Crippen LogP contribution in [0.25, 0.3) is 0 Å². The summed E-state index contributed by atoms with van der Waals surface area (Å²) in [6.07, 6.45) is 4.40. The van der Waals surface area contributed by atoms with Gasteiger partial charge in [-0.25, -0.2) is 9.97 Å². The molecule has 0 atom stereocenters. The number of nitrogens with zero attached hydrogens (tertiary/aromatic N) is 3. The van der Waals surface area contributed by atoms with Crippen molar-refractivity contribution in [2.75, 3.05) is 11.1 Å². The molecule has 0 aliphatic carbocycles. The number of rotatable bonds is 2. The molecule has 0 bridgehead atoms. The lowest BCUT2D eigenvalue weighted by Crippen LogP contribution is -2.15. The number of amides is 1. The highest BCUT2D eigenvalue weighted by molar-refractivity contribution is 9.10. The minimum atomic E-state index is -0.375. The fourth-order valence-corrected chi connectivity index (χ4v) is 1.69. The second kappa shape index (κ2) is 5.09. The van der Waals surface area contributed by atoms with Crippen LogP contribution in [0.1, 0.15) is 16.2 Å². The van der Waals surface area contributed by atoms with E-state index in [1.807, 2.05) is 0 Å². The largest absolute Gasteiger partial charge is 0.397 e. The molecule has 2 aromatic heterocycles. The summed E-state index contributed by atoms with van der Waals surface area (Å²) in [6, 6.07) is 1.66. The summed E-state index contributed by atoms with van der Waals surface area (Å²) in [6.45, 7) is 1.80. The van der Waals surface area contributed by atoms with Crippen LogP contribution < -0.4 is 11.1 Å². The van der Waals surface area contributed by atoms with E-state index in [-0.39, 0.29) is 11.6 Å². The van der Waals surface area contributed by atoms with Gasteiger partial charge in [0.25, 0.3) is 5.91 Å². The number of carbonyl (C=O) groups excluding carboxylic acids is 1. The molecule has 0 spiro atoms. The van der Waals surface area contributed by atoms with Gasteiger partial charge in [0.05, 0.1) is 28.2 Å². The summed E-state index contributed by atoms with van der Waals surface area (Å²) in [5.41, 5.74) is 7.04. The average molecular weight is 308 g/mol. The lowest BCUT2D eigenvalue weighted by Gasteiger charge is -2.06. The maximum atomic E-state index is 11.9. The van der Waals surface area contributed by atoms with Gasteiger partial charge < -0.3 is 11.1 Å². The van der Waals surface area contributed by atoms with Crippen LogP contribution in [0.2, 0.25) is 0 Å². The number of halogens is 1. The Balaban J connectivity index is 2.18. The molecule has 92 valence electrons. The Hall–Kier alpha value is -2.02. The summed E-state index contributed by atoms with van der Waals surface area (Å²) >= 11 is 3.27. The minimum absolute atomic E-state index is 0.228. The van der Waals surface area contributed by atoms with Gasteiger partial charge in [0, 0.05) is 6.20 Å². The molecule has 18 heavy (non-hydrogen) atoms. The van der Waals surface area contributed by atoms with Crippen molar-refractivity contribution in [3.63, 3.8) is 0 Å². The first-order chi connectivity index (χ1) is 8.56. The molecule has 2 aromatic rings. The molecule has 6 nitrogen and oxygen atoms in total. The molecule has 0 aromatic carbocycles. The fourth-order valence-electron chi connectivity index (χ4n) is 1.23. The lowest BCUT2D eigenvalue weighted by molar-refractivity contribution is 0.102. The number of nitrogens with two attached hydrogens (primary N) is 1. The molecule has 1 amide bonds. The Bertz CT molecular complexity index is 584. The number of pyridine rings is 1. The van der Waals surface area contributed by atoms with Crippen molar-refractivity contribution in [3.8, 4) is 0 Å². The average Bonchev–Trinajstić information content (AvgIpc) is 2.33. The topological polar surface area (TPSA) is 93.8 Å². The Labute approximate surface area is 112 Å². The fraction of sp³-hybridized carbons (Fsp3) is 0.0909. The first kappa shape index (κ1) is 12.4. The van der Waals surface area contributed by atoms with Crippen molar-refractivity contribution < 1.29 is 4.79 Å². The number of aryl methyl sites for hydroxylation is 1. The quantitative estimate of drug-likeness (QED) is 0.882. The van der Waals surface area contributed by atoms with E-state index in [1.54, 1.807) is 13.0 Å². The number of hydrogen-bond acceptors (Lipinski definition) is 5. The van der Waals surface area contributed by atoms with Gasteiger partial charge in [-0.1, -0.05) is 0 Å². The van der Waals surface area contributed by atoms with E-state index in [9.17, 15) is 4.79 Å². The van der Waals surface area contributed by atoms with Crippen LogP contribution in [0, 0.1) is 6.92 Å². The summed E-state index contributed by atoms with van der Waals surface area (Å²) in [7, 11) is 0. The molecule has 2 rings (SSSR count). The van der Waals surface area contributed by atoms with Gasteiger partial charge in [0.15, 0.2) is 0 Å². The van der Waals surface area contributed by atoms with Gasteiger partial charge in [0.1, 0.15) is 11.5 Å². The molecule has 7 heteroatoms. The monoisotopic (exact) mass is 307 g/mol. The molecule has 0 saturated carbocycles. The minimum Gasteiger partial charge on any atom is -0.397 e. The number of hydrogen-bond donors (Lipinski definition) is 2. The summed E-state index contributed by atoms with van der Waals surface area (Å²) in [5, 5.41) is 2.62. The first-order valence-corrected chi connectivity index (χ1v) is 5.86. The Morgan fingerprint density at radius 1 is 1.28 bits per heavy atom. The van der Waals surface area contributed by atoms with Gasteiger partial charge in [-0.05, 0) is 28.9 Å². The lowest BCUT2D eigenvalue weighted by atomic mass is 10.3. The summed E-state index contributed by atoms with van der Waals surface area (Å²) < 4.78 is 0.607. The zero-order valence-corrected chi connectivity index (χ0v) is 11.1. The van der Waals surface area contributed by atoms with Crippen LogP contribution >= 0.6 is 15.9 Å². The van der Waals surface area contributed by atoms with Gasteiger partial charge >= 0.3 is 0 Å². The van der Waals surface area contributed by atoms with E-state index in [0.29, 0.717) is 16.0 Å². The highest BCUT2D eigenvalue weighted by Crippen LogP contribution is 2.21. The number of aromatic nitrogens is 3. The number of carbonyl (C=O) groups is 1. The maximum absolute atomic E-state index is 11.9. The molecule has 3 N–H and O–H groups in total. The highest BCUT2D eigenvalue weighted by Gasteiger charge is 2.11. The van der Waals surface area contributed by atoms with Crippen LogP contribution in [-0.2, 0) is 0 Å². The Morgan fingerprint density at radius 2 is 2.06 bits per heavy atom. The van der Waals surface area contributed by atoms with E-state index in [0.717, 1.165) is 5.69 Å². The van der Waals surface area contributed by atoms with Gasteiger partial charge in [0.2, 0.25) is 0 Å². The molecule has 0 radical (unpaired) electrons. The normalized spacial score (nSPS) is 10.1. The third kappa shape index (κ3) is 2.80. The van der Waals surface area contributed by atoms with E-state index in [1.165, 1.54) is 18.6 Å². The van der Waals surface area contributed by atoms with Crippen LogP contribution in [0.3, 0.4) is 0 Å². The van der Waals surface area contributed by atoms with E-state index >= 15 is 0 Å². The SMILES string of the molecule is Cc1cnc(C(=O)Nc2ncc(N)cc2Br)cn1. The molecular weight excluding hydrogens is 298 g/mol. The zero-order chi connectivity index (χ0) is 13.1. The van der Waals surface area contributed by atoms with Gasteiger partial charge in [-0.3, -0.25) is 9.78 Å². The van der Waals surface area contributed by atoms with Crippen molar-refractivity contribution in [3.05, 3.63) is 40.5 Å². The Kier molecular flexibility index (Phi) is 3.52. The van der Waals surface area contributed by atoms with Crippen LogP contribution in [-0.4, -0.2) is 20.9 Å². The second-order valence-corrected chi connectivity index (χ2v) is 4.45. The number of anilines is 2. The molecule has 0 aliphatic heterocycles. The second-order valence-electron chi connectivity index (χ2n) is 3.60. The first-order valence-electron chi connectivity index (χ1n) is 5.07. The molecule has 0 aliphatic rings. The predicted octanol–water partition coefficient (Wildman–Crippen LogP) is 1.78. The number of nitrogens with one attached hydrogen (secondary N) is 1. The highest BCUT2D eigenvalue weighted by atomic mass is 79.9. The molecular formula is C11H10BrN5O. The molecule has 2 heterocycles. The van der Waals surface area contributed by atoms with E-state index in [4.69, 9.17) is 5.73 Å². The smallest absolute Gasteiger partial charge is 0.277 e. The van der Waals surface area contributed by atoms with Crippen molar-refractivity contribution in [1.29, 1.82) is 0 Å². The predicted molar refractivity (Wildman–Crippen MR) is 71.1 cm³/mol. The standard InChI is InChI=1S/C11H10BrN5O/c1-6-3-15-9(5-14-6)11(18)17-10-8(12)2-7(13)4-16-10/h2-5H,13H2,1H3,(H,16,17,18). The van der Waals surface area contributed by atoms with Crippen LogP contribution in [0.4, 0.5) is 11.5 Å². The van der Waals surface area contributed by atoms with Crippen molar-refractivity contribution >= 4 is 33.3 Å². The van der Waals surface area contributed by atoms with Crippen LogP contribution in [0.5, 0.6) is 0 Å². The van der Waals surface area contributed by atoms with Crippen molar-refractivity contribution in [2.24, 2.45) is 0 Å². The number of nitrogen functional groups attached to an aromatic ring is 1. The maximum Gasteiger partial charge on any atom is 0.277 e. The van der Waals surface area contributed by atoms with Crippen LogP contribution in [0.15, 0.2) is 29.1 Å². The molecule has 0 saturated heterocycles. The van der Waals surface area contributed by atoms with Gasteiger partial charge in [-0.2, -0.15) is 0 Å². The van der Waals surface area contributed by atoms with Gasteiger partial charge in [-0.15, -0.1) is 0 Å². The van der Waals surface area contributed by atoms with Crippen molar-refractivity contribution in [2.45, 2.75) is 6.92 Å². The van der Waals surface area contributed by atoms with Crippen molar-refractivity contribution in [1.82, 2.24) is 15.0 Å².